The Hall–Kier alpha value is -0.970. The van der Waals surface area contributed by atoms with E-state index in [0.29, 0.717) is 22.1 Å². The first-order valence-corrected chi connectivity index (χ1v) is 4.81. The van der Waals surface area contributed by atoms with Gasteiger partial charge in [-0.05, 0) is 6.07 Å². The molecule has 0 aliphatic carbocycles. The molecule has 0 bridgehead atoms. The molecule has 0 aromatic heterocycles. The lowest BCUT2D eigenvalue weighted by molar-refractivity contribution is 0.186. The fourth-order valence-corrected chi connectivity index (χ4v) is 1.53. The van der Waals surface area contributed by atoms with Crippen molar-refractivity contribution in [3.63, 3.8) is 0 Å². The number of aliphatic hydroxyl groups excluding tert-OH is 1. The lowest BCUT2D eigenvalue weighted by Gasteiger charge is -2.14. The number of aliphatic hydroxyl groups is 1. The van der Waals surface area contributed by atoms with Gasteiger partial charge in [-0.1, -0.05) is 11.6 Å². The first-order chi connectivity index (χ1) is 7.13. The summed E-state index contributed by atoms with van der Waals surface area (Å²) in [5.41, 5.74) is 5.89. The summed E-state index contributed by atoms with van der Waals surface area (Å²) in [5, 5.41) is 10.00. The number of hydrogen-bond acceptors (Lipinski definition) is 4. The molecule has 5 heteroatoms. The van der Waals surface area contributed by atoms with Gasteiger partial charge in [0.2, 0.25) is 0 Å². The summed E-state index contributed by atoms with van der Waals surface area (Å²) in [4.78, 5) is 0. The molecule has 1 rings (SSSR count). The lowest BCUT2D eigenvalue weighted by Crippen LogP contribution is -2.12. The van der Waals surface area contributed by atoms with E-state index >= 15 is 0 Å². The van der Waals surface area contributed by atoms with Gasteiger partial charge in [0.05, 0.1) is 25.3 Å². The molecule has 15 heavy (non-hydrogen) atoms. The average molecular weight is 232 g/mol. The molecule has 0 fully saturated rings. The van der Waals surface area contributed by atoms with Crippen LogP contribution in [0.4, 0.5) is 0 Å². The summed E-state index contributed by atoms with van der Waals surface area (Å²) < 4.78 is 10.2. The number of ether oxygens (including phenoxy) is 2. The molecule has 1 unspecified atom stereocenters. The summed E-state index contributed by atoms with van der Waals surface area (Å²) in [6.07, 6.45) is -0.794. The van der Waals surface area contributed by atoms with Crippen LogP contribution in [0.25, 0.3) is 0 Å². The molecule has 0 saturated heterocycles. The molecular weight excluding hydrogens is 218 g/mol. The highest BCUT2D eigenvalue weighted by Crippen LogP contribution is 2.35. The Morgan fingerprint density at radius 3 is 2.33 bits per heavy atom. The van der Waals surface area contributed by atoms with Gasteiger partial charge in [0.1, 0.15) is 0 Å². The van der Waals surface area contributed by atoms with Crippen molar-refractivity contribution in [2.75, 3.05) is 20.8 Å². The Labute approximate surface area is 93.6 Å². The fraction of sp³-hybridized carbons (Fsp3) is 0.400. The van der Waals surface area contributed by atoms with Crippen molar-refractivity contribution in [1.82, 2.24) is 0 Å². The molecule has 0 amide bonds. The van der Waals surface area contributed by atoms with Crippen LogP contribution in [0.15, 0.2) is 12.1 Å². The van der Waals surface area contributed by atoms with Crippen LogP contribution < -0.4 is 15.2 Å². The number of rotatable bonds is 4. The van der Waals surface area contributed by atoms with E-state index < -0.39 is 6.10 Å². The van der Waals surface area contributed by atoms with Crippen LogP contribution in [0.3, 0.4) is 0 Å². The summed E-state index contributed by atoms with van der Waals surface area (Å²) in [6, 6.07) is 3.22. The van der Waals surface area contributed by atoms with Crippen LogP contribution in [-0.4, -0.2) is 25.9 Å². The number of methoxy groups -OCH3 is 2. The molecule has 3 N–H and O–H groups in total. The van der Waals surface area contributed by atoms with Gasteiger partial charge in [-0.25, -0.2) is 0 Å². The average Bonchev–Trinajstić information content (AvgIpc) is 2.27. The Morgan fingerprint density at radius 2 is 1.87 bits per heavy atom. The predicted octanol–water partition coefficient (Wildman–Crippen LogP) is 1.35. The normalized spacial score (nSPS) is 12.3. The third-order valence-electron chi connectivity index (χ3n) is 2.09. The van der Waals surface area contributed by atoms with Gasteiger partial charge in [0.25, 0.3) is 0 Å². The largest absolute Gasteiger partial charge is 0.493 e. The van der Waals surface area contributed by atoms with E-state index in [1.54, 1.807) is 12.1 Å². The molecule has 1 aromatic rings. The molecule has 4 nitrogen and oxygen atoms in total. The quantitative estimate of drug-likeness (QED) is 0.821. The van der Waals surface area contributed by atoms with Crippen LogP contribution in [0.1, 0.15) is 11.7 Å². The van der Waals surface area contributed by atoms with E-state index in [4.69, 9.17) is 26.8 Å². The molecular formula is C10H14ClNO3. The van der Waals surface area contributed by atoms with Crippen molar-refractivity contribution in [2.45, 2.75) is 6.10 Å². The van der Waals surface area contributed by atoms with Crippen LogP contribution in [0.5, 0.6) is 11.5 Å². The van der Waals surface area contributed by atoms with E-state index in [1.165, 1.54) is 14.2 Å². The fourth-order valence-electron chi connectivity index (χ4n) is 1.25. The standard InChI is InChI=1S/C10H14ClNO3/c1-14-9-3-6(8(13)5-12)7(11)4-10(9)15-2/h3-4,8,13H,5,12H2,1-2H3. The van der Waals surface area contributed by atoms with Gasteiger partial charge >= 0.3 is 0 Å². The summed E-state index contributed by atoms with van der Waals surface area (Å²) in [5.74, 6) is 1.04. The van der Waals surface area contributed by atoms with Gasteiger partial charge in [-0.2, -0.15) is 0 Å². The molecule has 1 aromatic carbocycles. The van der Waals surface area contributed by atoms with Gasteiger partial charge < -0.3 is 20.3 Å². The monoisotopic (exact) mass is 231 g/mol. The molecule has 1 atom stereocenters. The molecule has 0 radical (unpaired) electrons. The number of nitrogens with two attached hydrogens (primary N) is 1. The zero-order valence-electron chi connectivity index (χ0n) is 8.66. The van der Waals surface area contributed by atoms with Gasteiger partial charge in [-0.3, -0.25) is 0 Å². The third-order valence-corrected chi connectivity index (χ3v) is 2.41. The highest BCUT2D eigenvalue weighted by molar-refractivity contribution is 6.31. The highest BCUT2D eigenvalue weighted by Gasteiger charge is 2.14. The Kier molecular flexibility index (Phi) is 4.20. The molecule has 84 valence electrons. The number of halogens is 1. The summed E-state index contributed by atoms with van der Waals surface area (Å²) in [6.45, 7) is 0.106. The maximum absolute atomic E-state index is 9.59. The lowest BCUT2D eigenvalue weighted by atomic mass is 10.1. The van der Waals surface area contributed by atoms with E-state index in [-0.39, 0.29) is 6.54 Å². The van der Waals surface area contributed by atoms with Crippen LogP contribution in [0.2, 0.25) is 5.02 Å². The molecule has 0 heterocycles. The Morgan fingerprint density at radius 1 is 1.33 bits per heavy atom. The van der Waals surface area contributed by atoms with E-state index in [9.17, 15) is 5.11 Å². The first kappa shape index (κ1) is 12.1. The van der Waals surface area contributed by atoms with Gasteiger partial charge in [0.15, 0.2) is 11.5 Å². The van der Waals surface area contributed by atoms with Gasteiger partial charge in [-0.15, -0.1) is 0 Å². The van der Waals surface area contributed by atoms with Crippen molar-refractivity contribution >= 4 is 11.6 Å². The van der Waals surface area contributed by atoms with Crippen LogP contribution in [0, 0.1) is 0 Å². The smallest absolute Gasteiger partial charge is 0.162 e. The van der Waals surface area contributed by atoms with Gasteiger partial charge in [0, 0.05) is 18.2 Å². The van der Waals surface area contributed by atoms with E-state index in [1.807, 2.05) is 0 Å². The van der Waals surface area contributed by atoms with Crippen molar-refractivity contribution in [3.05, 3.63) is 22.7 Å². The van der Waals surface area contributed by atoms with E-state index in [0.717, 1.165) is 0 Å². The van der Waals surface area contributed by atoms with E-state index in [2.05, 4.69) is 0 Å². The minimum atomic E-state index is -0.794. The SMILES string of the molecule is COc1cc(Cl)c(C(O)CN)cc1OC. The number of benzene rings is 1. The highest BCUT2D eigenvalue weighted by atomic mass is 35.5. The second-order valence-electron chi connectivity index (χ2n) is 2.98. The van der Waals surface area contributed by atoms with Crippen LogP contribution in [-0.2, 0) is 0 Å². The number of hydrogen-bond donors (Lipinski definition) is 2. The summed E-state index contributed by atoms with van der Waals surface area (Å²) in [7, 11) is 3.04. The minimum absolute atomic E-state index is 0.106. The first-order valence-electron chi connectivity index (χ1n) is 4.43. The van der Waals surface area contributed by atoms with Crippen molar-refractivity contribution < 1.29 is 14.6 Å². The molecule has 0 saturated carbocycles. The molecule has 0 aliphatic rings. The Balaban J connectivity index is 3.19. The minimum Gasteiger partial charge on any atom is -0.493 e. The zero-order valence-corrected chi connectivity index (χ0v) is 9.41. The van der Waals surface area contributed by atoms with Crippen LogP contribution >= 0.6 is 11.6 Å². The third kappa shape index (κ3) is 2.53. The maximum Gasteiger partial charge on any atom is 0.162 e. The molecule has 0 spiro atoms. The predicted molar refractivity (Wildman–Crippen MR) is 58.6 cm³/mol. The second kappa shape index (κ2) is 5.21. The zero-order chi connectivity index (χ0) is 11.4. The maximum atomic E-state index is 9.59. The molecule has 0 aliphatic heterocycles. The Bertz CT molecular complexity index is 344. The van der Waals surface area contributed by atoms with Crippen molar-refractivity contribution in [3.8, 4) is 11.5 Å². The van der Waals surface area contributed by atoms with Crippen molar-refractivity contribution in [2.24, 2.45) is 5.73 Å². The van der Waals surface area contributed by atoms with Crippen molar-refractivity contribution in [1.29, 1.82) is 0 Å². The summed E-state index contributed by atoms with van der Waals surface area (Å²) >= 11 is 5.96. The topological polar surface area (TPSA) is 64.7 Å². The second-order valence-corrected chi connectivity index (χ2v) is 3.39.